The molecule has 10 heteroatoms. The maximum absolute atomic E-state index is 13.4. The molecular weight excluding hydrogens is 484 g/mol. The molecule has 0 aliphatic carbocycles. The van der Waals surface area contributed by atoms with E-state index < -0.39 is 35.0 Å². The van der Waals surface area contributed by atoms with Crippen molar-refractivity contribution in [2.75, 3.05) is 33.2 Å². The van der Waals surface area contributed by atoms with Gasteiger partial charge in [-0.05, 0) is 56.1 Å². The maximum atomic E-state index is 13.4. The first-order valence-electron chi connectivity index (χ1n) is 12.0. The molecule has 1 N–H and O–H groups in total. The van der Waals surface area contributed by atoms with Gasteiger partial charge in [0.05, 0.1) is 11.1 Å². The van der Waals surface area contributed by atoms with Crippen LogP contribution in [-0.2, 0) is 12.4 Å². The number of rotatable bonds is 4. The van der Waals surface area contributed by atoms with Gasteiger partial charge in [-0.3, -0.25) is 9.69 Å². The number of hydrogen-bond donors (Lipinski definition) is 1. The molecule has 2 aromatic rings. The minimum atomic E-state index is -5.01. The summed E-state index contributed by atoms with van der Waals surface area (Å²) in [5.74, 6) is -0.982. The predicted octanol–water partition coefficient (Wildman–Crippen LogP) is 5.41. The van der Waals surface area contributed by atoms with Crippen molar-refractivity contribution >= 4 is 5.91 Å². The Hall–Kier alpha value is -2.59. The minimum Gasteiger partial charge on any atom is -0.338 e. The lowest BCUT2D eigenvalue weighted by atomic mass is 9.83. The molecule has 4 nitrogen and oxygen atoms in total. The maximum Gasteiger partial charge on any atom is 0.416 e. The number of alkyl halides is 6. The number of halogens is 6. The molecule has 2 aliphatic heterocycles. The summed E-state index contributed by atoms with van der Waals surface area (Å²) in [5.41, 5.74) is -2.61. The van der Waals surface area contributed by atoms with E-state index in [2.05, 4.69) is 10.2 Å². The third kappa shape index (κ3) is 5.86. The smallest absolute Gasteiger partial charge is 0.338 e. The van der Waals surface area contributed by atoms with Gasteiger partial charge in [-0.2, -0.15) is 26.3 Å². The molecule has 2 aromatic carbocycles. The van der Waals surface area contributed by atoms with E-state index >= 15 is 0 Å². The summed E-state index contributed by atoms with van der Waals surface area (Å²) >= 11 is 0. The molecule has 2 aliphatic rings. The highest BCUT2D eigenvalue weighted by Crippen LogP contribution is 2.38. The normalized spacial score (nSPS) is 22.4. The number of amides is 1. The van der Waals surface area contributed by atoms with Crippen LogP contribution in [0, 0.1) is 0 Å². The Kier molecular flexibility index (Phi) is 7.66. The van der Waals surface area contributed by atoms with Crippen molar-refractivity contribution in [3.05, 3.63) is 70.8 Å². The summed E-state index contributed by atoms with van der Waals surface area (Å²) in [4.78, 5) is 17.1. The van der Waals surface area contributed by atoms with Crippen molar-refractivity contribution in [3.63, 3.8) is 0 Å². The Bertz CT molecular complexity index is 1020. The Labute approximate surface area is 206 Å². The Morgan fingerprint density at radius 1 is 0.917 bits per heavy atom. The van der Waals surface area contributed by atoms with Gasteiger partial charge >= 0.3 is 12.4 Å². The topological polar surface area (TPSA) is 35.6 Å². The van der Waals surface area contributed by atoms with Crippen LogP contribution in [0.4, 0.5) is 26.3 Å². The summed E-state index contributed by atoms with van der Waals surface area (Å²) in [6.07, 6.45) is -7.45. The van der Waals surface area contributed by atoms with Gasteiger partial charge in [0.15, 0.2) is 0 Å². The molecule has 0 bridgehead atoms. The minimum absolute atomic E-state index is 0.0427. The lowest BCUT2D eigenvalue weighted by Gasteiger charge is -2.46. The van der Waals surface area contributed by atoms with E-state index in [1.54, 1.807) is 0 Å². The molecule has 4 rings (SSSR count). The van der Waals surface area contributed by atoms with Crippen LogP contribution in [0.25, 0.3) is 0 Å². The van der Waals surface area contributed by atoms with Crippen molar-refractivity contribution in [1.82, 2.24) is 15.1 Å². The molecule has 2 saturated heterocycles. The molecule has 1 amide bonds. The van der Waals surface area contributed by atoms with Gasteiger partial charge in [0.2, 0.25) is 0 Å². The van der Waals surface area contributed by atoms with Crippen LogP contribution in [0.1, 0.15) is 52.2 Å². The molecule has 2 atom stereocenters. The predicted molar refractivity (Wildman–Crippen MR) is 124 cm³/mol. The van der Waals surface area contributed by atoms with Crippen molar-refractivity contribution in [3.8, 4) is 0 Å². The van der Waals surface area contributed by atoms with Gasteiger partial charge in [-0.15, -0.1) is 0 Å². The fourth-order valence-electron chi connectivity index (χ4n) is 5.39. The number of piperidine rings is 2. The largest absolute Gasteiger partial charge is 0.416 e. The van der Waals surface area contributed by atoms with Crippen LogP contribution in [0.2, 0.25) is 0 Å². The van der Waals surface area contributed by atoms with Crippen LogP contribution in [-0.4, -0.2) is 61.0 Å². The van der Waals surface area contributed by atoms with Gasteiger partial charge in [0, 0.05) is 43.7 Å². The number of likely N-dealkylation sites (N-methyl/N-ethyl adjacent to an activating group) is 1. The lowest BCUT2D eigenvalue weighted by molar-refractivity contribution is -0.143. The fourth-order valence-corrected chi connectivity index (χ4v) is 5.39. The summed E-state index contributed by atoms with van der Waals surface area (Å²) in [6.45, 7) is 3.21. The van der Waals surface area contributed by atoms with E-state index in [0.29, 0.717) is 37.7 Å². The highest BCUT2D eigenvalue weighted by molar-refractivity contribution is 5.94. The molecule has 36 heavy (non-hydrogen) atoms. The summed E-state index contributed by atoms with van der Waals surface area (Å²) in [7, 11) is 1.47. The van der Waals surface area contributed by atoms with E-state index in [-0.39, 0.29) is 18.0 Å². The van der Waals surface area contributed by atoms with E-state index in [9.17, 15) is 31.1 Å². The highest BCUT2D eigenvalue weighted by Gasteiger charge is 2.40. The number of nitrogens with zero attached hydrogens (tertiary/aromatic N) is 2. The monoisotopic (exact) mass is 513 g/mol. The number of carbonyl (C=O) groups is 1. The SMILES string of the molecule is CN(C(=O)c1cc(C(F)(F)F)cc(C(F)(F)F)c1)C1CCN(C2CCNCC2)CC1c1ccccc1. The third-order valence-corrected chi connectivity index (χ3v) is 7.31. The molecule has 0 aromatic heterocycles. The molecule has 2 heterocycles. The van der Waals surface area contributed by atoms with Gasteiger partial charge in [-0.1, -0.05) is 30.3 Å². The summed E-state index contributed by atoms with van der Waals surface area (Å²) in [6, 6.07) is 10.6. The second-order valence-electron chi connectivity index (χ2n) is 9.56. The van der Waals surface area contributed by atoms with Crippen LogP contribution >= 0.6 is 0 Å². The zero-order chi connectivity index (χ0) is 26.1. The summed E-state index contributed by atoms with van der Waals surface area (Å²) < 4.78 is 80.1. The van der Waals surface area contributed by atoms with Gasteiger partial charge < -0.3 is 10.2 Å². The van der Waals surface area contributed by atoms with Gasteiger partial charge in [-0.25, -0.2) is 0 Å². The Morgan fingerprint density at radius 2 is 1.50 bits per heavy atom. The second-order valence-corrected chi connectivity index (χ2v) is 9.56. The van der Waals surface area contributed by atoms with E-state index in [1.165, 1.54) is 11.9 Å². The molecular formula is C26H29F6N3O. The first-order valence-corrected chi connectivity index (χ1v) is 12.0. The van der Waals surface area contributed by atoms with Crippen LogP contribution in [0.3, 0.4) is 0 Å². The van der Waals surface area contributed by atoms with Gasteiger partial charge in [0.25, 0.3) is 5.91 Å². The molecule has 0 saturated carbocycles. The van der Waals surface area contributed by atoms with Crippen molar-refractivity contribution in [2.24, 2.45) is 0 Å². The third-order valence-electron chi connectivity index (χ3n) is 7.31. The average molecular weight is 514 g/mol. The van der Waals surface area contributed by atoms with Crippen LogP contribution in [0.5, 0.6) is 0 Å². The van der Waals surface area contributed by atoms with Crippen LogP contribution < -0.4 is 5.32 Å². The number of likely N-dealkylation sites (tertiary alicyclic amines) is 1. The quantitative estimate of drug-likeness (QED) is 0.556. The Balaban J connectivity index is 1.64. The standard InChI is InChI=1S/C26H29F6N3O/c1-34(24(36)18-13-19(25(27,28)29)15-20(14-18)26(30,31)32)23-9-12-35(21-7-10-33-11-8-21)16-22(23)17-5-3-2-4-6-17/h2-6,13-15,21-23,33H,7-12,16H2,1H3. The lowest BCUT2D eigenvalue weighted by Crippen LogP contribution is -2.54. The molecule has 0 radical (unpaired) electrons. The average Bonchev–Trinajstić information content (AvgIpc) is 2.87. The van der Waals surface area contributed by atoms with Crippen molar-refractivity contribution in [1.29, 1.82) is 0 Å². The zero-order valence-corrected chi connectivity index (χ0v) is 19.9. The van der Waals surface area contributed by atoms with Crippen molar-refractivity contribution in [2.45, 2.75) is 49.6 Å². The van der Waals surface area contributed by atoms with E-state index in [1.807, 2.05) is 30.3 Å². The first-order chi connectivity index (χ1) is 16.9. The summed E-state index contributed by atoms with van der Waals surface area (Å²) in [5, 5.41) is 3.35. The first kappa shape index (κ1) is 26.5. The number of carbonyl (C=O) groups excluding carboxylic acids is 1. The Morgan fingerprint density at radius 3 is 2.06 bits per heavy atom. The van der Waals surface area contributed by atoms with E-state index in [4.69, 9.17) is 0 Å². The van der Waals surface area contributed by atoms with E-state index in [0.717, 1.165) is 31.5 Å². The number of benzene rings is 2. The second kappa shape index (κ2) is 10.4. The van der Waals surface area contributed by atoms with Gasteiger partial charge in [0.1, 0.15) is 0 Å². The van der Waals surface area contributed by atoms with Crippen molar-refractivity contribution < 1.29 is 31.1 Å². The molecule has 0 spiro atoms. The zero-order valence-electron chi connectivity index (χ0n) is 19.9. The fraction of sp³-hybridized carbons (Fsp3) is 0.500. The number of nitrogens with one attached hydrogen (secondary N) is 1. The molecule has 2 fully saturated rings. The number of hydrogen-bond acceptors (Lipinski definition) is 3. The van der Waals surface area contributed by atoms with Crippen LogP contribution in [0.15, 0.2) is 48.5 Å². The molecule has 196 valence electrons. The molecule has 2 unspecified atom stereocenters. The highest BCUT2D eigenvalue weighted by atomic mass is 19.4.